The fourth-order valence-electron chi connectivity index (χ4n) is 0.977. The first-order valence-corrected chi connectivity index (χ1v) is 5.09. The van der Waals surface area contributed by atoms with E-state index in [0.717, 1.165) is 19.3 Å². The summed E-state index contributed by atoms with van der Waals surface area (Å²) in [6.07, 6.45) is 8.25. The minimum atomic E-state index is -0.426. The largest absolute Gasteiger partial charge is 0.391 e. The first kappa shape index (κ1) is 13.0. The van der Waals surface area contributed by atoms with Gasteiger partial charge in [-0.3, -0.25) is 4.79 Å². The third-order valence-electron chi connectivity index (χ3n) is 1.98. The minimum absolute atomic E-state index is 0.00507. The first-order chi connectivity index (χ1) is 6.70. The van der Waals surface area contributed by atoms with Crippen LogP contribution in [0.3, 0.4) is 0 Å². The average Bonchev–Trinajstić information content (AvgIpc) is 2.21. The van der Waals surface area contributed by atoms with Crippen molar-refractivity contribution in [2.45, 2.75) is 45.1 Å². The molecule has 14 heavy (non-hydrogen) atoms. The number of unbranched alkanes of at least 4 members (excludes halogenated alkanes) is 2. The SMILES string of the molecule is C#CCCCCC(=O)NCC(O)CC. The van der Waals surface area contributed by atoms with Crippen molar-refractivity contribution in [2.24, 2.45) is 0 Å². The van der Waals surface area contributed by atoms with Crippen LogP contribution in [0.2, 0.25) is 0 Å². The smallest absolute Gasteiger partial charge is 0.220 e. The second-order valence-corrected chi connectivity index (χ2v) is 3.28. The number of terminal acetylenes is 1. The summed E-state index contributed by atoms with van der Waals surface area (Å²) in [5.41, 5.74) is 0. The Balaban J connectivity index is 3.33. The maximum Gasteiger partial charge on any atom is 0.220 e. The van der Waals surface area contributed by atoms with Crippen LogP contribution in [-0.4, -0.2) is 23.7 Å². The van der Waals surface area contributed by atoms with E-state index in [1.807, 2.05) is 6.92 Å². The summed E-state index contributed by atoms with van der Waals surface area (Å²) >= 11 is 0. The van der Waals surface area contributed by atoms with Crippen molar-refractivity contribution in [2.75, 3.05) is 6.54 Å². The number of amides is 1. The summed E-state index contributed by atoms with van der Waals surface area (Å²) < 4.78 is 0. The standard InChI is InChI=1S/C11H19NO2/c1-3-5-6-7-8-11(14)12-9-10(13)4-2/h1,10,13H,4-9H2,2H3,(H,12,14). The maximum atomic E-state index is 11.2. The molecule has 0 spiro atoms. The van der Waals surface area contributed by atoms with Crippen LogP contribution in [0.1, 0.15) is 39.0 Å². The molecule has 0 aliphatic rings. The highest BCUT2D eigenvalue weighted by Crippen LogP contribution is 1.98. The Bertz CT molecular complexity index is 196. The van der Waals surface area contributed by atoms with Gasteiger partial charge in [0.15, 0.2) is 0 Å². The molecule has 0 heterocycles. The molecule has 1 atom stereocenters. The number of carbonyl (C=O) groups is 1. The molecule has 0 radical (unpaired) electrons. The van der Waals surface area contributed by atoms with Gasteiger partial charge in [0.2, 0.25) is 5.91 Å². The third kappa shape index (κ3) is 7.63. The number of hydrogen-bond acceptors (Lipinski definition) is 2. The topological polar surface area (TPSA) is 49.3 Å². The van der Waals surface area contributed by atoms with E-state index in [4.69, 9.17) is 6.42 Å². The van der Waals surface area contributed by atoms with Crippen LogP contribution in [0.25, 0.3) is 0 Å². The molecule has 0 aliphatic carbocycles. The zero-order valence-corrected chi connectivity index (χ0v) is 8.75. The molecule has 0 aromatic rings. The van der Waals surface area contributed by atoms with Gasteiger partial charge in [0.25, 0.3) is 0 Å². The maximum absolute atomic E-state index is 11.2. The van der Waals surface area contributed by atoms with Crippen molar-refractivity contribution >= 4 is 5.91 Å². The normalized spacial score (nSPS) is 11.8. The van der Waals surface area contributed by atoms with Gasteiger partial charge in [-0.05, 0) is 19.3 Å². The van der Waals surface area contributed by atoms with Crippen LogP contribution in [0.15, 0.2) is 0 Å². The van der Waals surface area contributed by atoms with E-state index in [1.54, 1.807) is 0 Å². The van der Waals surface area contributed by atoms with Gasteiger partial charge >= 0.3 is 0 Å². The summed E-state index contributed by atoms with van der Waals surface area (Å²) in [5.74, 6) is 2.52. The van der Waals surface area contributed by atoms with Gasteiger partial charge in [0.05, 0.1) is 6.10 Å². The molecule has 0 saturated heterocycles. The number of aliphatic hydroxyl groups is 1. The van der Waals surface area contributed by atoms with E-state index in [2.05, 4.69) is 11.2 Å². The third-order valence-corrected chi connectivity index (χ3v) is 1.98. The number of aliphatic hydroxyl groups excluding tert-OH is 1. The fraction of sp³-hybridized carbons (Fsp3) is 0.727. The molecule has 0 aliphatic heterocycles. The fourth-order valence-corrected chi connectivity index (χ4v) is 0.977. The lowest BCUT2D eigenvalue weighted by molar-refractivity contribution is -0.121. The molecule has 3 heteroatoms. The Kier molecular flexibility index (Phi) is 7.96. The summed E-state index contributed by atoms with van der Waals surface area (Å²) in [5, 5.41) is 11.8. The number of rotatable bonds is 7. The Hall–Kier alpha value is -1.01. The molecule has 0 rings (SSSR count). The monoisotopic (exact) mass is 197 g/mol. The zero-order chi connectivity index (χ0) is 10.8. The summed E-state index contributed by atoms with van der Waals surface area (Å²) in [7, 11) is 0. The van der Waals surface area contributed by atoms with Crippen LogP contribution >= 0.6 is 0 Å². The molecule has 1 amide bonds. The average molecular weight is 197 g/mol. The Morgan fingerprint density at radius 2 is 2.29 bits per heavy atom. The molecule has 0 fully saturated rings. The van der Waals surface area contributed by atoms with Crippen LogP contribution < -0.4 is 5.32 Å². The second-order valence-electron chi connectivity index (χ2n) is 3.28. The van der Waals surface area contributed by atoms with Crippen molar-refractivity contribution < 1.29 is 9.90 Å². The molecular weight excluding hydrogens is 178 g/mol. The Labute approximate surface area is 85.9 Å². The lowest BCUT2D eigenvalue weighted by atomic mass is 10.2. The number of carbonyl (C=O) groups excluding carboxylic acids is 1. The Morgan fingerprint density at radius 1 is 1.57 bits per heavy atom. The molecule has 0 aromatic carbocycles. The lowest BCUT2D eigenvalue weighted by Gasteiger charge is -2.08. The minimum Gasteiger partial charge on any atom is -0.391 e. The van der Waals surface area contributed by atoms with E-state index in [9.17, 15) is 9.90 Å². The molecule has 1 unspecified atom stereocenters. The van der Waals surface area contributed by atoms with Gasteiger partial charge in [-0.25, -0.2) is 0 Å². The molecule has 80 valence electrons. The van der Waals surface area contributed by atoms with Crippen LogP contribution in [0.5, 0.6) is 0 Å². The molecule has 0 bridgehead atoms. The van der Waals surface area contributed by atoms with E-state index in [1.165, 1.54) is 0 Å². The van der Waals surface area contributed by atoms with Crippen molar-refractivity contribution in [1.82, 2.24) is 5.32 Å². The van der Waals surface area contributed by atoms with Gasteiger partial charge in [0.1, 0.15) is 0 Å². The Morgan fingerprint density at radius 3 is 2.86 bits per heavy atom. The van der Waals surface area contributed by atoms with E-state index < -0.39 is 6.10 Å². The van der Waals surface area contributed by atoms with Crippen molar-refractivity contribution in [3.8, 4) is 12.3 Å². The second kappa shape index (κ2) is 8.58. The summed E-state index contributed by atoms with van der Waals surface area (Å²) in [4.78, 5) is 11.2. The van der Waals surface area contributed by atoms with Crippen LogP contribution in [0, 0.1) is 12.3 Å². The molecular formula is C11H19NO2. The highest BCUT2D eigenvalue weighted by Gasteiger charge is 2.03. The quantitative estimate of drug-likeness (QED) is 0.474. The zero-order valence-electron chi connectivity index (χ0n) is 8.75. The van der Waals surface area contributed by atoms with Crippen LogP contribution in [0.4, 0.5) is 0 Å². The lowest BCUT2D eigenvalue weighted by Crippen LogP contribution is -2.31. The molecule has 3 nitrogen and oxygen atoms in total. The van der Waals surface area contributed by atoms with E-state index in [0.29, 0.717) is 19.4 Å². The number of nitrogens with one attached hydrogen (secondary N) is 1. The van der Waals surface area contributed by atoms with Gasteiger partial charge in [-0.15, -0.1) is 12.3 Å². The summed E-state index contributed by atoms with van der Waals surface area (Å²) in [6.45, 7) is 2.23. The van der Waals surface area contributed by atoms with Crippen LogP contribution in [-0.2, 0) is 4.79 Å². The molecule has 0 saturated carbocycles. The highest BCUT2D eigenvalue weighted by molar-refractivity contribution is 5.75. The van der Waals surface area contributed by atoms with Crippen molar-refractivity contribution in [3.63, 3.8) is 0 Å². The van der Waals surface area contributed by atoms with Gasteiger partial charge < -0.3 is 10.4 Å². The van der Waals surface area contributed by atoms with Gasteiger partial charge in [0, 0.05) is 19.4 Å². The van der Waals surface area contributed by atoms with E-state index in [-0.39, 0.29) is 5.91 Å². The van der Waals surface area contributed by atoms with Gasteiger partial charge in [-0.2, -0.15) is 0 Å². The van der Waals surface area contributed by atoms with Crippen molar-refractivity contribution in [3.05, 3.63) is 0 Å². The highest BCUT2D eigenvalue weighted by atomic mass is 16.3. The first-order valence-electron chi connectivity index (χ1n) is 5.09. The van der Waals surface area contributed by atoms with Gasteiger partial charge in [-0.1, -0.05) is 6.92 Å². The summed E-state index contributed by atoms with van der Waals surface area (Å²) in [6, 6.07) is 0. The predicted octanol–water partition coefficient (Wildman–Crippen LogP) is 1.07. The molecule has 2 N–H and O–H groups in total. The predicted molar refractivity (Wildman–Crippen MR) is 56.6 cm³/mol. The van der Waals surface area contributed by atoms with Crippen molar-refractivity contribution in [1.29, 1.82) is 0 Å². The molecule has 0 aromatic heterocycles. The number of hydrogen-bond donors (Lipinski definition) is 2. The van der Waals surface area contributed by atoms with E-state index >= 15 is 0 Å².